The highest BCUT2D eigenvalue weighted by Crippen LogP contribution is 2.25. The smallest absolute Gasteiger partial charge is 0.119 e. The first-order valence-electron chi connectivity index (χ1n) is 7.12. The van der Waals surface area contributed by atoms with E-state index >= 15 is 0 Å². The molecule has 0 spiro atoms. The summed E-state index contributed by atoms with van der Waals surface area (Å²) in [5.41, 5.74) is 1.35. The molecule has 3 nitrogen and oxygen atoms in total. The predicted molar refractivity (Wildman–Crippen MR) is 72.9 cm³/mol. The van der Waals surface area contributed by atoms with Gasteiger partial charge in [-0.05, 0) is 43.4 Å². The Morgan fingerprint density at radius 3 is 2.44 bits per heavy atom. The topological polar surface area (TPSA) is 33.3 Å². The van der Waals surface area contributed by atoms with E-state index in [9.17, 15) is 0 Å². The average molecular weight is 246 g/mol. The quantitative estimate of drug-likeness (QED) is 0.858. The van der Waals surface area contributed by atoms with Gasteiger partial charge in [0.2, 0.25) is 0 Å². The number of ether oxygens (including phenoxy) is 1. The first kappa shape index (κ1) is 12.0. The normalized spacial score (nSPS) is 25.2. The third kappa shape index (κ3) is 2.85. The van der Waals surface area contributed by atoms with Crippen molar-refractivity contribution >= 4 is 0 Å². The number of nitrogens with one attached hydrogen (secondary N) is 2. The molecule has 18 heavy (non-hydrogen) atoms. The van der Waals surface area contributed by atoms with Gasteiger partial charge in [0, 0.05) is 25.7 Å². The van der Waals surface area contributed by atoms with Gasteiger partial charge in [0.15, 0.2) is 0 Å². The van der Waals surface area contributed by atoms with Gasteiger partial charge in [0.1, 0.15) is 5.75 Å². The fraction of sp³-hybridized carbons (Fsp3) is 0.600. The molecule has 0 amide bonds. The Kier molecular flexibility index (Phi) is 3.81. The molecule has 1 atom stereocenters. The zero-order valence-electron chi connectivity index (χ0n) is 10.8. The van der Waals surface area contributed by atoms with Gasteiger partial charge in [0.25, 0.3) is 0 Å². The Morgan fingerprint density at radius 2 is 1.78 bits per heavy atom. The minimum atomic E-state index is 0.444. The van der Waals surface area contributed by atoms with Crippen LogP contribution in [-0.2, 0) is 0 Å². The Morgan fingerprint density at radius 1 is 1.00 bits per heavy atom. The summed E-state index contributed by atoms with van der Waals surface area (Å²) >= 11 is 0. The Hall–Kier alpha value is -1.06. The number of benzene rings is 1. The van der Waals surface area contributed by atoms with Crippen LogP contribution >= 0.6 is 0 Å². The highest BCUT2D eigenvalue weighted by molar-refractivity contribution is 5.29. The molecule has 1 saturated carbocycles. The molecule has 1 aromatic rings. The van der Waals surface area contributed by atoms with Gasteiger partial charge in [-0.25, -0.2) is 0 Å². The lowest BCUT2D eigenvalue weighted by Crippen LogP contribution is -2.42. The lowest BCUT2D eigenvalue weighted by Gasteiger charge is -2.25. The minimum absolute atomic E-state index is 0.444. The lowest BCUT2D eigenvalue weighted by atomic mass is 10.1. The highest BCUT2D eigenvalue weighted by Gasteiger charge is 2.17. The molecule has 1 unspecified atom stereocenters. The van der Waals surface area contributed by atoms with E-state index in [2.05, 4.69) is 34.9 Å². The second kappa shape index (κ2) is 5.72. The second-order valence-electron chi connectivity index (χ2n) is 5.30. The maximum absolute atomic E-state index is 5.98. The molecule has 1 aromatic carbocycles. The van der Waals surface area contributed by atoms with Crippen LogP contribution in [0.1, 0.15) is 37.3 Å². The van der Waals surface area contributed by atoms with Gasteiger partial charge in [-0.3, -0.25) is 0 Å². The minimum Gasteiger partial charge on any atom is -0.490 e. The Bertz CT molecular complexity index is 365. The molecule has 1 saturated heterocycles. The molecular weight excluding hydrogens is 224 g/mol. The van der Waals surface area contributed by atoms with Crippen molar-refractivity contribution in [1.29, 1.82) is 0 Å². The van der Waals surface area contributed by atoms with E-state index in [0.29, 0.717) is 12.1 Å². The van der Waals surface area contributed by atoms with E-state index in [1.165, 1.54) is 31.2 Å². The SMILES string of the molecule is c1cc(C2CNCCN2)ccc1OC1CCCC1. The molecule has 3 rings (SSSR count). The van der Waals surface area contributed by atoms with E-state index in [1.807, 2.05) is 0 Å². The molecule has 0 aromatic heterocycles. The van der Waals surface area contributed by atoms with Gasteiger partial charge in [0.05, 0.1) is 6.10 Å². The molecule has 2 aliphatic rings. The highest BCUT2D eigenvalue weighted by atomic mass is 16.5. The van der Waals surface area contributed by atoms with Crippen molar-refractivity contribution in [2.24, 2.45) is 0 Å². The number of rotatable bonds is 3. The molecule has 3 heteroatoms. The first-order chi connectivity index (χ1) is 8.92. The van der Waals surface area contributed by atoms with Crippen LogP contribution < -0.4 is 15.4 Å². The molecule has 0 radical (unpaired) electrons. The fourth-order valence-corrected chi connectivity index (χ4v) is 2.87. The van der Waals surface area contributed by atoms with E-state index < -0.39 is 0 Å². The summed E-state index contributed by atoms with van der Waals surface area (Å²) < 4.78 is 5.98. The molecule has 98 valence electrons. The van der Waals surface area contributed by atoms with Crippen LogP contribution in [0.15, 0.2) is 24.3 Å². The van der Waals surface area contributed by atoms with Crippen molar-refractivity contribution < 1.29 is 4.74 Å². The van der Waals surface area contributed by atoms with Crippen molar-refractivity contribution in [3.8, 4) is 5.75 Å². The zero-order valence-corrected chi connectivity index (χ0v) is 10.8. The summed E-state index contributed by atoms with van der Waals surface area (Å²) in [6.07, 6.45) is 5.53. The third-order valence-corrected chi connectivity index (χ3v) is 3.93. The van der Waals surface area contributed by atoms with Crippen molar-refractivity contribution in [3.05, 3.63) is 29.8 Å². The molecule has 0 bridgehead atoms. The van der Waals surface area contributed by atoms with Crippen molar-refractivity contribution in [2.45, 2.75) is 37.8 Å². The van der Waals surface area contributed by atoms with Gasteiger partial charge in [-0.1, -0.05) is 12.1 Å². The van der Waals surface area contributed by atoms with Crippen molar-refractivity contribution in [1.82, 2.24) is 10.6 Å². The third-order valence-electron chi connectivity index (χ3n) is 3.93. The predicted octanol–water partition coefficient (Wildman–Crippen LogP) is 2.24. The van der Waals surface area contributed by atoms with Gasteiger partial charge >= 0.3 is 0 Å². The van der Waals surface area contributed by atoms with Crippen LogP contribution in [0.3, 0.4) is 0 Å². The van der Waals surface area contributed by atoms with Gasteiger partial charge < -0.3 is 15.4 Å². The number of hydrogen-bond donors (Lipinski definition) is 2. The van der Waals surface area contributed by atoms with E-state index in [4.69, 9.17) is 4.74 Å². The standard InChI is InChI=1S/C15H22N2O/c1-2-4-13(3-1)18-14-7-5-12(6-8-14)15-11-16-9-10-17-15/h5-8,13,15-17H,1-4,9-11H2. The summed E-state index contributed by atoms with van der Waals surface area (Å²) in [4.78, 5) is 0. The summed E-state index contributed by atoms with van der Waals surface area (Å²) in [7, 11) is 0. The van der Waals surface area contributed by atoms with Crippen LogP contribution in [0.5, 0.6) is 5.75 Å². The zero-order chi connectivity index (χ0) is 12.2. The summed E-state index contributed by atoms with van der Waals surface area (Å²) in [5, 5.41) is 6.94. The number of hydrogen-bond acceptors (Lipinski definition) is 3. The number of piperazine rings is 1. The lowest BCUT2D eigenvalue weighted by molar-refractivity contribution is 0.210. The molecule has 1 aliphatic heterocycles. The monoisotopic (exact) mass is 246 g/mol. The molecule has 2 fully saturated rings. The Labute approximate surface area is 109 Å². The van der Waals surface area contributed by atoms with Crippen LogP contribution in [0, 0.1) is 0 Å². The summed E-state index contributed by atoms with van der Waals surface area (Å²) in [6.45, 7) is 3.13. The van der Waals surface area contributed by atoms with Crippen LogP contribution in [0.4, 0.5) is 0 Å². The second-order valence-corrected chi connectivity index (χ2v) is 5.30. The molecule has 2 N–H and O–H groups in total. The average Bonchev–Trinajstić information content (AvgIpc) is 2.94. The molecule has 1 aliphatic carbocycles. The molecule has 1 heterocycles. The molecular formula is C15H22N2O. The summed E-state index contributed by atoms with van der Waals surface area (Å²) in [5.74, 6) is 1.02. The van der Waals surface area contributed by atoms with Crippen LogP contribution in [-0.4, -0.2) is 25.7 Å². The van der Waals surface area contributed by atoms with Crippen LogP contribution in [0.2, 0.25) is 0 Å². The van der Waals surface area contributed by atoms with Crippen LogP contribution in [0.25, 0.3) is 0 Å². The maximum atomic E-state index is 5.98. The maximum Gasteiger partial charge on any atom is 0.119 e. The van der Waals surface area contributed by atoms with E-state index in [1.54, 1.807) is 0 Å². The fourth-order valence-electron chi connectivity index (χ4n) is 2.87. The Balaban J connectivity index is 1.60. The van der Waals surface area contributed by atoms with E-state index in [0.717, 1.165) is 25.4 Å². The van der Waals surface area contributed by atoms with Crippen molar-refractivity contribution in [3.63, 3.8) is 0 Å². The van der Waals surface area contributed by atoms with E-state index in [-0.39, 0.29) is 0 Å². The first-order valence-corrected chi connectivity index (χ1v) is 7.12. The van der Waals surface area contributed by atoms with Gasteiger partial charge in [-0.15, -0.1) is 0 Å². The van der Waals surface area contributed by atoms with Crippen molar-refractivity contribution in [2.75, 3.05) is 19.6 Å². The van der Waals surface area contributed by atoms with Gasteiger partial charge in [-0.2, -0.15) is 0 Å². The largest absolute Gasteiger partial charge is 0.490 e. The summed E-state index contributed by atoms with van der Waals surface area (Å²) in [6, 6.07) is 9.05.